The highest BCUT2D eigenvalue weighted by Crippen LogP contribution is 2.23. The maximum absolute atomic E-state index is 12.9. The number of fused-ring (bicyclic) bond motifs is 1. The quantitative estimate of drug-likeness (QED) is 0.507. The maximum atomic E-state index is 12.9. The number of amides is 2. The van der Waals surface area contributed by atoms with Crippen LogP contribution in [0.2, 0.25) is 0 Å². The summed E-state index contributed by atoms with van der Waals surface area (Å²) in [6.07, 6.45) is 4.27. The molecule has 3 heterocycles. The summed E-state index contributed by atoms with van der Waals surface area (Å²) < 4.78 is 1.52. The SMILES string of the molecule is O=C(Nc1ccccc1-n1ncc2c(=O)[nH]cnc21)c1ccc(CN2CCCC2=O)cc1. The Morgan fingerprint density at radius 2 is 1.91 bits per heavy atom. The minimum absolute atomic E-state index is 0.172. The number of H-pyrrole nitrogens is 1. The topological polar surface area (TPSA) is 113 Å². The minimum atomic E-state index is -0.279. The second-order valence-electron chi connectivity index (χ2n) is 7.61. The molecule has 0 unspecified atom stereocenters. The van der Waals surface area contributed by atoms with Crippen molar-refractivity contribution in [2.45, 2.75) is 19.4 Å². The zero-order chi connectivity index (χ0) is 22.1. The van der Waals surface area contributed by atoms with Crippen LogP contribution in [0.4, 0.5) is 5.69 Å². The fraction of sp³-hybridized carbons (Fsp3) is 0.174. The van der Waals surface area contributed by atoms with Crippen molar-refractivity contribution in [3.05, 3.63) is 82.5 Å². The number of hydrogen-bond donors (Lipinski definition) is 2. The first-order valence-corrected chi connectivity index (χ1v) is 10.3. The second kappa shape index (κ2) is 8.10. The molecule has 1 aliphatic heterocycles. The number of para-hydroxylation sites is 2. The van der Waals surface area contributed by atoms with E-state index < -0.39 is 0 Å². The van der Waals surface area contributed by atoms with Crippen molar-refractivity contribution in [2.75, 3.05) is 11.9 Å². The lowest BCUT2D eigenvalue weighted by molar-refractivity contribution is -0.128. The number of aromatic amines is 1. The molecule has 1 fully saturated rings. The van der Waals surface area contributed by atoms with Gasteiger partial charge in [0.15, 0.2) is 5.65 Å². The van der Waals surface area contributed by atoms with Crippen LogP contribution in [0.5, 0.6) is 0 Å². The first-order valence-electron chi connectivity index (χ1n) is 10.3. The van der Waals surface area contributed by atoms with Gasteiger partial charge in [0, 0.05) is 25.1 Å². The number of benzene rings is 2. The van der Waals surface area contributed by atoms with Gasteiger partial charge >= 0.3 is 0 Å². The number of likely N-dealkylation sites (tertiary alicyclic amines) is 1. The van der Waals surface area contributed by atoms with E-state index in [4.69, 9.17) is 0 Å². The maximum Gasteiger partial charge on any atom is 0.261 e. The molecule has 9 heteroatoms. The van der Waals surface area contributed by atoms with Crippen LogP contribution in [0.1, 0.15) is 28.8 Å². The van der Waals surface area contributed by atoms with E-state index in [0.717, 1.165) is 18.5 Å². The van der Waals surface area contributed by atoms with Crippen LogP contribution in [0, 0.1) is 0 Å². The third-order valence-corrected chi connectivity index (χ3v) is 5.51. The van der Waals surface area contributed by atoms with Gasteiger partial charge in [-0.05, 0) is 36.2 Å². The summed E-state index contributed by atoms with van der Waals surface area (Å²) in [5.74, 6) is -0.102. The molecule has 0 saturated carbocycles. The Morgan fingerprint density at radius 1 is 1.09 bits per heavy atom. The number of aromatic nitrogens is 4. The van der Waals surface area contributed by atoms with E-state index in [1.54, 1.807) is 30.3 Å². The van der Waals surface area contributed by atoms with E-state index in [9.17, 15) is 14.4 Å². The highest BCUT2D eigenvalue weighted by atomic mass is 16.2. The third-order valence-electron chi connectivity index (χ3n) is 5.51. The number of rotatable bonds is 5. The zero-order valence-corrected chi connectivity index (χ0v) is 17.1. The number of anilines is 1. The van der Waals surface area contributed by atoms with Gasteiger partial charge in [-0.1, -0.05) is 24.3 Å². The highest BCUT2D eigenvalue weighted by Gasteiger charge is 2.20. The molecule has 0 bridgehead atoms. The van der Waals surface area contributed by atoms with Crippen molar-refractivity contribution < 1.29 is 9.59 Å². The van der Waals surface area contributed by atoms with Crippen molar-refractivity contribution in [2.24, 2.45) is 0 Å². The van der Waals surface area contributed by atoms with Crippen LogP contribution in [0.25, 0.3) is 16.7 Å². The Morgan fingerprint density at radius 3 is 2.69 bits per heavy atom. The average Bonchev–Trinajstić information content (AvgIpc) is 3.42. The molecule has 9 nitrogen and oxygen atoms in total. The van der Waals surface area contributed by atoms with Crippen molar-refractivity contribution >= 4 is 28.5 Å². The molecular weight excluding hydrogens is 408 g/mol. The number of carbonyl (C=O) groups is 2. The largest absolute Gasteiger partial charge is 0.338 e. The van der Waals surface area contributed by atoms with Crippen molar-refractivity contribution in [1.29, 1.82) is 0 Å². The second-order valence-corrected chi connectivity index (χ2v) is 7.61. The van der Waals surface area contributed by atoms with E-state index in [-0.39, 0.29) is 17.4 Å². The molecule has 2 aromatic heterocycles. The number of hydrogen-bond acceptors (Lipinski definition) is 5. The monoisotopic (exact) mass is 428 g/mol. The van der Waals surface area contributed by atoms with E-state index in [2.05, 4.69) is 20.4 Å². The molecule has 2 amide bonds. The summed E-state index contributed by atoms with van der Waals surface area (Å²) in [4.78, 5) is 45.3. The molecule has 160 valence electrons. The summed E-state index contributed by atoms with van der Waals surface area (Å²) in [5, 5.41) is 7.56. The van der Waals surface area contributed by atoms with Gasteiger partial charge in [0.25, 0.3) is 11.5 Å². The fourth-order valence-corrected chi connectivity index (χ4v) is 3.84. The summed E-state index contributed by atoms with van der Waals surface area (Å²) in [6, 6.07) is 14.4. The van der Waals surface area contributed by atoms with E-state index in [0.29, 0.717) is 40.9 Å². The van der Waals surface area contributed by atoms with Crippen molar-refractivity contribution in [3.8, 4) is 5.69 Å². The molecule has 1 saturated heterocycles. The van der Waals surface area contributed by atoms with Gasteiger partial charge in [-0.3, -0.25) is 14.4 Å². The molecule has 2 aromatic carbocycles. The Kier molecular flexibility index (Phi) is 4.98. The lowest BCUT2D eigenvalue weighted by Crippen LogP contribution is -2.23. The average molecular weight is 428 g/mol. The van der Waals surface area contributed by atoms with Gasteiger partial charge in [0.2, 0.25) is 5.91 Å². The predicted molar refractivity (Wildman–Crippen MR) is 119 cm³/mol. The third kappa shape index (κ3) is 3.64. The van der Waals surface area contributed by atoms with Crippen LogP contribution in [-0.2, 0) is 11.3 Å². The standard InChI is InChI=1S/C23H20N6O3/c30-20-6-3-11-28(20)13-15-7-9-16(10-8-15)22(31)27-18-4-1-2-5-19(18)29-21-17(12-26-29)23(32)25-14-24-21/h1-2,4-5,7-10,12,14H,3,6,11,13H2,(H,27,31)(H,24,25,32). The van der Waals surface area contributed by atoms with Gasteiger partial charge in [-0.2, -0.15) is 5.10 Å². The zero-order valence-electron chi connectivity index (χ0n) is 17.1. The summed E-state index contributed by atoms with van der Waals surface area (Å²) in [5.41, 5.74) is 2.73. The Labute approximate surface area is 182 Å². The van der Waals surface area contributed by atoms with Crippen LogP contribution in [0.3, 0.4) is 0 Å². The molecule has 0 atom stereocenters. The molecule has 4 aromatic rings. The van der Waals surface area contributed by atoms with Gasteiger partial charge in [0.1, 0.15) is 5.39 Å². The highest BCUT2D eigenvalue weighted by molar-refractivity contribution is 6.05. The Hall–Kier alpha value is -4.27. The molecule has 0 aliphatic carbocycles. The van der Waals surface area contributed by atoms with Crippen LogP contribution in [0.15, 0.2) is 65.8 Å². The smallest absolute Gasteiger partial charge is 0.261 e. The minimum Gasteiger partial charge on any atom is -0.338 e. The summed E-state index contributed by atoms with van der Waals surface area (Å²) in [6.45, 7) is 1.34. The lowest BCUT2D eigenvalue weighted by Gasteiger charge is -2.15. The number of nitrogens with zero attached hydrogens (tertiary/aromatic N) is 4. The van der Waals surface area contributed by atoms with E-state index >= 15 is 0 Å². The lowest BCUT2D eigenvalue weighted by atomic mass is 10.1. The van der Waals surface area contributed by atoms with Gasteiger partial charge in [-0.25, -0.2) is 9.67 Å². The van der Waals surface area contributed by atoms with E-state index in [1.807, 2.05) is 23.1 Å². The summed E-state index contributed by atoms with van der Waals surface area (Å²) in [7, 11) is 0. The van der Waals surface area contributed by atoms with Crippen LogP contribution >= 0.6 is 0 Å². The van der Waals surface area contributed by atoms with Gasteiger partial charge < -0.3 is 15.2 Å². The molecular formula is C23H20N6O3. The Balaban J connectivity index is 1.38. The van der Waals surface area contributed by atoms with Crippen molar-refractivity contribution in [3.63, 3.8) is 0 Å². The summed E-state index contributed by atoms with van der Waals surface area (Å²) >= 11 is 0. The van der Waals surface area contributed by atoms with Crippen LogP contribution < -0.4 is 10.9 Å². The van der Waals surface area contributed by atoms with Crippen molar-refractivity contribution in [1.82, 2.24) is 24.6 Å². The number of nitrogens with one attached hydrogen (secondary N) is 2. The Bertz CT molecular complexity index is 1370. The number of carbonyl (C=O) groups excluding carboxylic acids is 2. The normalized spacial score (nSPS) is 13.6. The molecule has 2 N–H and O–H groups in total. The van der Waals surface area contributed by atoms with Crippen LogP contribution in [-0.4, -0.2) is 43.0 Å². The molecule has 0 spiro atoms. The first-order chi connectivity index (χ1) is 15.6. The molecule has 32 heavy (non-hydrogen) atoms. The van der Waals surface area contributed by atoms with Gasteiger partial charge in [0.05, 0.1) is 23.9 Å². The molecule has 1 aliphatic rings. The predicted octanol–water partition coefficient (Wildman–Crippen LogP) is 2.48. The molecule has 0 radical (unpaired) electrons. The first kappa shape index (κ1) is 19.7. The van der Waals surface area contributed by atoms with Gasteiger partial charge in [-0.15, -0.1) is 0 Å². The molecule has 5 rings (SSSR count). The van der Waals surface area contributed by atoms with E-state index in [1.165, 1.54) is 17.2 Å². The fourth-order valence-electron chi connectivity index (χ4n) is 3.84.